The summed E-state index contributed by atoms with van der Waals surface area (Å²) in [4.78, 5) is 25.2. The van der Waals surface area contributed by atoms with E-state index in [9.17, 15) is 9.59 Å². The number of amides is 1. The molecular weight excluding hydrogens is 370 g/mol. The second-order valence-electron chi connectivity index (χ2n) is 5.61. The number of ether oxygens (including phenoxy) is 1. The van der Waals surface area contributed by atoms with Crippen LogP contribution in [0.1, 0.15) is 18.9 Å². The summed E-state index contributed by atoms with van der Waals surface area (Å²) in [6.07, 6.45) is 1.64. The van der Waals surface area contributed by atoms with Crippen LogP contribution >= 0.6 is 24.0 Å². The van der Waals surface area contributed by atoms with Crippen molar-refractivity contribution < 1.29 is 19.4 Å². The molecule has 26 heavy (non-hydrogen) atoms. The Kier molecular flexibility index (Phi) is 5.58. The van der Waals surface area contributed by atoms with Gasteiger partial charge in [0.15, 0.2) is 0 Å². The van der Waals surface area contributed by atoms with Crippen molar-refractivity contribution >= 4 is 57.0 Å². The molecule has 0 atom stereocenters. The maximum atomic E-state index is 12.7. The largest absolute Gasteiger partial charge is 0.493 e. The third-order valence-electron chi connectivity index (χ3n) is 3.93. The first kappa shape index (κ1) is 18.4. The molecule has 1 aliphatic rings. The van der Waals surface area contributed by atoms with Crippen molar-refractivity contribution in [2.75, 3.05) is 13.2 Å². The van der Waals surface area contributed by atoms with Crippen LogP contribution in [0.3, 0.4) is 0 Å². The number of benzene rings is 2. The fourth-order valence-electron chi connectivity index (χ4n) is 2.74. The van der Waals surface area contributed by atoms with Gasteiger partial charge in [-0.15, -0.1) is 0 Å². The summed E-state index contributed by atoms with van der Waals surface area (Å²) in [5, 5.41) is 10.9. The third kappa shape index (κ3) is 3.73. The zero-order chi connectivity index (χ0) is 18.7. The molecule has 1 fully saturated rings. The minimum atomic E-state index is -0.962. The maximum Gasteiger partial charge on any atom is 0.305 e. The molecule has 0 bridgehead atoms. The van der Waals surface area contributed by atoms with Crippen molar-refractivity contribution in [3.8, 4) is 5.75 Å². The molecule has 2 aromatic rings. The van der Waals surface area contributed by atoms with Crippen molar-refractivity contribution in [2.24, 2.45) is 0 Å². The Morgan fingerprint density at radius 1 is 1.31 bits per heavy atom. The lowest BCUT2D eigenvalue weighted by Gasteiger charge is -2.13. The highest BCUT2D eigenvalue weighted by Crippen LogP contribution is 2.37. The van der Waals surface area contributed by atoms with E-state index in [4.69, 9.17) is 22.1 Å². The fourth-order valence-corrected chi connectivity index (χ4v) is 4.03. The number of hydrogen-bond donors (Lipinski definition) is 1. The van der Waals surface area contributed by atoms with E-state index in [0.717, 1.165) is 16.3 Å². The first-order chi connectivity index (χ1) is 12.5. The number of aliphatic carboxylic acids is 1. The molecule has 7 heteroatoms. The summed E-state index contributed by atoms with van der Waals surface area (Å²) in [5.41, 5.74) is 0.823. The lowest BCUT2D eigenvalue weighted by Crippen LogP contribution is -2.30. The average molecular weight is 387 g/mol. The maximum absolute atomic E-state index is 12.7. The van der Waals surface area contributed by atoms with Crippen molar-refractivity contribution in [1.82, 2.24) is 4.90 Å². The molecular formula is C19H17NO4S2. The molecule has 5 nitrogen and oxygen atoms in total. The van der Waals surface area contributed by atoms with Crippen LogP contribution in [0.25, 0.3) is 16.8 Å². The van der Waals surface area contributed by atoms with Crippen LogP contribution < -0.4 is 4.74 Å². The molecule has 2 aromatic carbocycles. The zero-order valence-corrected chi connectivity index (χ0v) is 15.7. The van der Waals surface area contributed by atoms with Gasteiger partial charge < -0.3 is 9.84 Å². The molecule has 0 radical (unpaired) electrons. The van der Waals surface area contributed by atoms with Crippen molar-refractivity contribution in [2.45, 2.75) is 13.3 Å². The SMILES string of the molecule is CCOc1ccc2ccccc2c1/C=C1/SC(=S)N(CCC(=O)O)C1=O. The number of rotatable bonds is 6. The molecule has 1 aliphatic heterocycles. The number of carboxylic acids is 1. The van der Waals surface area contributed by atoms with Gasteiger partial charge in [-0.3, -0.25) is 14.5 Å². The van der Waals surface area contributed by atoms with E-state index >= 15 is 0 Å². The summed E-state index contributed by atoms with van der Waals surface area (Å²) in [6.45, 7) is 2.49. The molecule has 1 saturated heterocycles. The average Bonchev–Trinajstić information content (AvgIpc) is 2.88. The number of hydrogen-bond acceptors (Lipinski definition) is 5. The van der Waals surface area contributed by atoms with Gasteiger partial charge in [0.2, 0.25) is 0 Å². The van der Waals surface area contributed by atoms with Crippen LogP contribution in [-0.4, -0.2) is 39.4 Å². The third-order valence-corrected chi connectivity index (χ3v) is 5.31. The first-order valence-electron chi connectivity index (χ1n) is 8.13. The van der Waals surface area contributed by atoms with E-state index < -0.39 is 5.97 Å². The van der Waals surface area contributed by atoms with Gasteiger partial charge in [0.25, 0.3) is 5.91 Å². The number of thioether (sulfide) groups is 1. The lowest BCUT2D eigenvalue weighted by molar-refractivity contribution is -0.137. The molecule has 134 valence electrons. The van der Waals surface area contributed by atoms with E-state index in [0.29, 0.717) is 21.6 Å². The molecule has 0 aliphatic carbocycles. The summed E-state index contributed by atoms with van der Waals surface area (Å²) in [5.74, 6) is -0.533. The van der Waals surface area contributed by atoms with Gasteiger partial charge in [0, 0.05) is 12.1 Å². The van der Waals surface area contributed by atoms with Gasteiger partial charge in [-0.25, -0.2) is 0 Å². The van der Waals surface area contributed by atoms with Crippen LogP contribution in [-0.2, 0) is 9.59 Å². The minimum Gasteiger partial charge on any atom is -0.493 e. The van der Waals surface area contributed by atoms with Gasteiger partial charge in [-0.05, 0) is 29.8 Å². The molecule has 0 unspecified atom stereocenters. The highest BCUT2D eigenvalue weighted by Gasteiger charge is 2.32. The Hall–Kier alpha value is -2.38. The lowest BCUT2D eigenvalue weighted by atomic mass is 10.0. The van der Waals surface area contributed by atoms with Crippen LogP contribution in [0.5, 0.6) is 5.75 Å². The Morgan fingerprint density at radius 3 is 2.81 bits per heavy atom. The molecule has 1 amide bonds. The standard InChI is InChI=1S/C19H17NO4S2/c1-2-24-15-8-7-12-5-3-4-6-13(12)14(15)11-16-18(23)20(19(25)26-16)10-9-17(21)22/h3-8,11H,2,9-10H2,1H3,(H,21,22)/b16-11+. The topological polar surface area (TPSA) is 66.8 Å². The van der Waals surface area contributed by atoms with Gasteiger partial charge in [-0.2, -0.15) is 0 Å². The number of nitrogens with zero attached hydrogens (tertiary/aromatic N) is 1. The smallest absolute Gasteiger partial charge is 0.305 e. The van der Waals surface area contributed by atoms with E-state index in [1.54, 1.807) is 6.08 Å². The molecule has 1 N–H and O–H groups in total. The van der Waals surface area contributed by atoms with Gasteiger partial charge in [0.05, 0.1) is 17.9 Å². The predicted molar refractivity (Wildman–Crippen MR) is 107 cm³/mol. The second-order valence-corrected chi connectivity index (χ2v) is 7.28. The van der Waals surface area contributed by atoms with E-state index in [2.05, 4.69) is 0 Å². The number of carbonyl (C=O) groups is 2. The van der Waals surface area contributed by atoms with E-state index in [1.807, 2.05) is 43.3 Å². The Balaban J connectivity index is 2.01. The molecule has 0 spiro atoms. The van der Waals surface area contributed by atoms with Gasteiger partial charge >= 0.3 is 5.97 Å². The highest BCUT2D eigenvalue weighted by molar-refractivity contribution is 8.26. The predicted octanol–water partition coefficient (Wildman–Crippen LogP) is 3.91. The summed E-state index contributed by atoms with van der Waals surface area (Å²) in [7, 11) is 0. The van der Waals surface area contributed by atoms with Crippen LogP contribution in [0, 0.1) is 0 Å². The van der Waals surface area contributed by atoms with Gasteiger partial charge in [-0.1, -0.05) is 54.3 Å². The van der Waals surface area contributed by atoms with Gasteiger partial charge in [0.1, 0.15) is 10.1 Å². The number of thiocarbonyl (C=S) groups is 1. The number of fused-ring (bicyclic) bond motifs is 1. The summed E-state index contributed by atoms with van der Waals surface area (Å²) >= 11 is 6.43. The second kappa shape index (κ2) is 7.88. The normalized spacial score (nSPS) is 15.9. The van der Waals surface area contributed by atoms with Crippen LogP contribution in [0.2, 0.25) is 0 Å². The Bertz CT molecular complexity index is 923. The van der Waals surface area contributed by atoms with E-state index in [-0.39, 0.29) is 18.9 Å². The first-order valence-corrected chi connectivity index (χ1v) is 9.35. The number of carboxylic acid groups (broad SMARTS) is 1. The number of carbonyl (C=O) groups excluding carboxylic acids is 1. The summed E-state index contributed by atoms with van der Waals surface area (Å²) in [6, 6.07) is 11.7. The monoisotopic (exact) mass is 387 g/mol. The van der Waals surface area contributed by atoms with Crippen molar-refractivity contribution in [3.63, 3.8) is 0 Å². The Labute approximate surface area is 160 Å². The van der Waals surface area contributed by atoms with Crippen LogP contribution in [0.15, 0.2) is 41.3 Å². The highest BCUT2D eigenvalue weighted by atomic mass is 32.2. The van der Waals surface area contributed by atoms with E-state index in [1.165, 1.54) is 16.7 Å². The Morgan fingerprint density at radius 2 is 2.08 bits per heavy atom. The minimum absolute atomic E-state index is 0.0746. The molecule has 0 saturated carbocycles. The fraction of sp³-hybridized carbons (Fsp3) is 0.211. The molecule has 3 rings (SSSR count). The molecule has 1 heterocycles. The molecule has 0 aromatic heterocycles. The quantitative estimate of drug-likeness (QED) is 0.599. The van der Waals surface area contributed by atoms with Crippen LogP contribution in [0.4, 0.5) is 0 Å². The van der Waals surface area contributed by atoms with Crippen molar-refractivity contribution in [3.05, 3.63) is 46.9 Å². The van der Waals surface area contributed by atoms with Crippen molar-refractivity contribution in [1.29, 1.82) is 0 Å². The zero-order valence-electron chi connectivity index (χ0n) is 14.1. The summed E-state index contributed by atoms with van der Waals surface area (Å²) < 4.78 is 6.11.